The molecule has 7 heteroatoms. The summed E-state index contributed by atoms with van der Waals surface area (Å²) in [5, 5.41) is 3.06. The van der Waals surface area contributed by atoms with Gasteiger partial charge in [-0.05, 0) is 86.1 Å². The summed E-state index contributed by atoms with van der Waals surface area (Å²) in [6, 6.07) is 8.54. The number of ether oxygens (including phenoxy) is 1. The molecule has 1 N–H and O–H groups in total. The van der Waals surface area contributed by atoms with Gasteiger partial charge in [0.1, 0.15) is 11.8 Å². The molecular weight excluding hydrogens is 436 g/mol. The monoisotopic (exact) mass is 474 g/mol. The molecule has 0 radical (unpaired) electrons. The number of rotatable bonds is 9. The predicted octanol–water partition coefficient (Wildman–Crippen LogP) is 5.17. The number of nitrogens with zero attached hydrogens (tertiary/aromatic N) is 1. The number of anilines is 1. The van der Waals surface area contributed by atoms with Crippen LogP contribution in [0.4, 0.5) is 5.69 Å². The van der Waals surface area contributed by atoms with E-state index in [1.807, 2.05) is 58.9 Å². The molecule has 0 saturated carbocycles. The molecule has 0 aliphatic heterocycles. The number of amides is 1. The molecule has 6 nitrogen and oxygen atoms in total. The molecular formula is C26H38N2O4S. The Morgan fingerprint density at radius 3 is 2.18 bits per heavy atom. The summed E-state index contributed by atoms with van der Waals surface area (Å²) in [6.07, 6.45) is 1.49. The molecule has 182 valence electrons. The van der Waals surface area contributed by atoms with Gasteiger partial charge in [-0.1, -0.05) is 32.9 Å². The zero-order valence-electron chi connectivity index (χ0n) is 21.3. The molecule has 2 rings (SSSR count). The summed E-state index contributed by atoms with van der Waals surface area (Å²) in [6.45, 7) is 13.7. The molecule has 0 saturated heterocycles. The van der Waals surface area contributed by atoms with Crippen LogP contribution in [0.5, 0.6) is 5.75 Å². The normalized spacial score (nSPS) is 13.5. The second-order valence-electron chi connectivity index (χ2n) is 9.11. The number of hydrogen-bond acceptors (Lipinski definition) is 4. The standard InChI is InChI=1S/C26H38N2O4S/c1-10-23(28(33(9,30)31)24-13-17(4)11-12-18(24)5)26(29)27-20(7)22-15-21(16(2)3)25(32-8)14-19(22)6/h11-16,20,23H,10H2,1-9H3,(H,27,29)/t20-,23-/m0/s1. The summed E-state index contributed by atoms with van der Waals surface area (Å²) in [4.78, 5) is 13.4. The van der Waals surface area contributed by atoms with Crippen molar-refractivity contribution < 1.29 is 17.9 Å². The van der Waals surface area contributed by atoms with E-state index in [4.69, 9.17) is 4.74 Å². The second-order valence-corrected chi connectivity index (χ2v) is 11.0. The Kier molecular flexibility index (Phi) is 8.57. The molecule has 1 amide bonds. The molecule has 2 atom stereocenters. The van der Waals surface area contributed by atoms with E-state index >= 15 is 0 Å². The van der Waals surface area contributed by atoms with Gasteiger partial charge in [-0.25, -0.2) is 8.42 Å². The molecule has 0 bridgehead atoms. The molecule has 0 heterocycles. The summed E-state index contributed by atoms with van der Waals surface area (Å²) >= 11 is 0. The van der Waals surface area contributed by atoms with E-state index in [2.05, 4.69) is 25.2 Å². The summed E-state index contributed by atoms with van der Waals surface area (Å²) in [5.41, 5.74) is 5.34. The van der Waals surface area contributed by atoms with Crippen molar-refractivity contribution in [3.05, 3.63) is 58.1 Å². The van der Waals surface area contributed by atoms with Crippen molar-refractivity contribution in [3.63, 3.8) is 0 Å². The number of carbonyl (C=O) groups is 1. The van der Waals surface area contributed by atoms with Crippen LogP contribution in [0.2, 0.25) is 0 Å². The predicted molar refractivity (Wildman–Crippen MR) is 136 cm³/mol. The minimum Gasteiger partial charge on any atom is -0.496 e. The highest BCUT2D eigenvalue weighted by atomic mass is 32.2. The Morgan fingerprint density at radius 1 is 1.03 bits per heavy atom. The molecule has 0 aliphatic carbocycles. The van der Waals surface area contributed by atoms with E-state index in [-0.39, 0.29) is 17.9 Å². The first-order valence-electron chi connectivity index (χ1n) is 11.4. The molecule has 2 aromatic carbocycles. The van der Waals surface area contributed by atoms with Crippen LogP contribution >= 0.6 is 0 Å². The maximum Gasteiger partial charge on any atom is 0.244 e. The highest BCUT2D eigenvalue weighted by molar-refractivity contribution is 7.92. The lowest BCUT2D eigenvalue weighted by molar-refractivity contribution is -0.122. The van der Waals surface area contributed by atoms with Crippen LogP contribution in [0.25, 0.3) is 0 Å². The second kappa shape index (κ2) is 10.6. The van der Waals surface area contributed by atoms with E-state index in [0.29, 0.717) is 12.1 Å². The van der Waals surface area contributed by atoms with E-state index in [1.54, 1.807) is 7.11 Å². The Morgan fingerprint density at radius 2 is 1.67 bits per heavy atom. The van der Waals surface area contributed by atoms with Crippen LogP contribution in [0.3, 0.4) is 0 Å². The van der Waals surface area contributed by atoms with Gasteiger partial charge in [0, 0.05) is 0 Å². The summed E-state index contributed by atoms with van der Waals surface area (Å²) in [5.74, 6) is 0.766. The number of hydrogen-bond donors (Lipinski definition) is 1. The van der Waals surface area contributed by atoms with Crippen molar-refractivity contribution in [3.8, 4) is 5.75 Å². The van der Waals surface area contributed by atoms with Gasteiger partial charge in [0.05, 0.1) is 25.1 Å². The zero-order valence-corrected chi connectivity index (χ0v) is 22.1. The van der Waals surface area contributed by atoms with Gasteiger partial charge in [-0.15, -0.1) is 0 Å². The largest absolute Gasteiger partial charge is 0.496 e. The molecule has 0 aromatic heterocycles. The van der Waals surface area contributed by atoms with Gasteiger partial charge in [0.15, 0.2) is 0 Å². The molecule has 33 heavy (non-hydrogen) atoms. The number of benzene rings is 2. The maximum absolute atomic E-state index is 13.4. The van der Waals surface area contributed by atoms with Crippen molar-refractivity contribution in [2.75, 3.05) is 17.7 Å². The van der Waals surface area contributed by atoms with Gasteiger partial charge in [-0.2, -0.15) is 0 Å². The van der Waals surface area contributed by atoms with Crippen molar-refractivity contribution in [1.29, 1.82) is 0 Å². The average Bonchev–Trinajstić information content (AvgIpc) is 2.72. The Labute approximate surface area is 199 Å². The fourth-order valence-electron chi connectivity index (χ4n) is 4.19. The molecule has 0 aliphatic rings. The van der Waals surface area contributed by atoms with Gasteiger partial charge in [-0.3, -0.25) is 9.10 Å². The van der Waals surface area contributed by atoms with Crippen LogP contribution < -0.4 is 14.4 Å². The number of nitrogens with one attached hydrogen (secondary N) is 1. The lowest BCUT2D eigenvalue weighted by Gasteiger charge is -2.32. The summed E-state index contributed by atoms with van der Waals surface area (Å²) < 4.78 is 32.5. The lowest BCUT2D eigenvalue weighted by atomic mass is 9.93. The number of aryl methyl sites for hydroxylation is 3. The maximum atomic E-state index is 13.4. The number of sulfonamides is 1. The Bertz CT molecular complexity index is 1110. The first-order chi connectivity index (χ1) is 15.3. The first-order valence-corrected chi connectivity index (χ1v) is 13.2. The lowest BCUT2D eigenvalue weighted by Crippen LogP contribution is -2.50. The van der Waals surface area contributed by atoms with E-state index in [9.17, 15) is 13.2 Å². The quantitative estimate of drug-likeness (QED) is 0.544. The fourth-order valence-corrected chi connectivity index (χ4v) is 5.45. The number of carbonyl (C=O) groups excluding carboxylic acids is 1. The smallest absolute Gasteiger partial charge is 0.244 e. The van der Waals surface area contributed by atoms with Gasteiger partial charge in [0.25, 0.3) is 0 Å². The van der Waals surface area contributed by atoms with E-state index in [1.165, 1.54) is 4.31 Å². The van der Waals surface area contributed by atoms with E-state index < -0.39 is 16.1 Å². The van der Waals surface area contributed by atoms with Crippen LogP contribution in [0.1, 0.15) is 73.9 Å². The van der Waals surface area contributed by atoms with Gasteiger partial charge < -0.3 is 10.1 Å². The molecule has 0 fully saturated rings. The van der Waals surface area contributed by atoms with Gasteiger partial charge in [0.2, 0.25) is 15.9 Å². The zero-order chi connectivity index (χ0) is 25.1. The molecule has 0 unspecified atom stereocenters. The third kappa shape index (κ3) is 6.08. The third-order valence-electron chi connectivity index (χ3n) is 6.00. The molecule has 0 spiro atoms. The van der Waals surface area contributed by atoms with Gasteiger partial charge >= 0.3 is 0 Å². The van der Waals surface area contributed by atoms with Crippen molar-refractivity contribution in [2.45, 2.75) is 72.9 Å². The Hall–Kier alpha value is -2.54. The van der Waals surface area contributed by atoms with Crippen LogP contribution in [0, 0.1) is 20.8 Å². The van der Waals surface area contributed by atoms with Crippen molar-refractivity contribution in [1.82, 2.24) is 5.32 Å². The van der Waals surface area contributed by atoms with Crippen LogP contribution in [-0.4, -0.2) is 33.7 Å². The minimum absolute atomic E-state index is 0.260. The number of methoxy groups -OCH3 is 1. The third-order valence-corrected chi connectivity index (χ3v) is 7.16. The SMILES string of the molecule is CC[C@@H](C(=O)N[C@@H](C)c1cc(C(C)C)c(OC)cc1C)N(c1cc(C)ccc1C)S(C)(=O)=O. The van der Waals surface area contributed by atoms with Crippen LogP contribution in [0.15, 0.2) is 30.3 Å². The topological polar surface area (TPSA) is 75.7 Å². The highest BCUT2D eigenvalue weighted by Crippen LogP contribution is 2.33. The Balaban J connectivity index is 2.44. The summed E-state index contributed by atoms with van der Waals surface area (Å²) in [7, 11) is -2.04. The van der Waals surface area contributed by atoms with E-state index in [0.717, 1.165) is 39.8 Å². The first kappa shape index (κ1) is 26.7. The molecule has 2 aromatic rings. The highest BCUT2D eigenvalue weighted by Gasteiger charge is 2.33. The average molecular weight is 475 g/mol. The minimum atomic E-state index is -3.69. The van der Waals surface area contributed by atoms with Crippen LogP contribution in [-0.2, 0) is 14.8 Å². The van der Waals surface area contributed by atoms with Crippen molar-refractivity contribution >= 4 is 21.6 Å². The van der Waals surface area contributed by atoms with Crippen molar-refractivity contribution in [2.24, 2.45) is 0 Å². The fraction of sp³-hybridized carbons (Fsp3) is 0.500.